The lowest BCUT2D eigenvalue weighted by molar-refractivity contribution is 0.172. The standard InChI is InChI=1S/C25H18FN3O2/c26-18-8-6-16(7-9-18)14-29-15-20-24(17-4-2-1-3-5-17)27-28-25(20)19-12-22-23(13-21(19)29)31-11-10-30-22/h1-9,12-13,15H,10-11,14H2. The number of benzene rings is 3. The molecular weight excluding hydrogens is 393 g/mol. The number of nitrogens with zero attached hydrogens (tertiary/aromatic N) is 3. The van der Waals surface area contributed by atoms with Gasteiger partial charge in [-0.05, 0) is 23.8 Å². The minimum Gasteiger partial charge on any atom is -0.486 e. The molecular formula is C25H18FN3O2. The maximum atomic E-state index is 13.4. The van der Waals surface area contributed by atoms with Gasteiger partial charge in [0, 0.05) is 35.3 Å². The van der Waals surface area contributed by atoms with E-state index in [9.17, 15) is 4.39 Å². The summed E-state index contributed by atoms with van der Waals surface area (Å²) in [7, 11) is 0. The summed E-state index contributed by atoms with van der Waals surface area (Å²) in [6, 6.07) is 20.6. The molecule has 5 nitrogen and oxygen atoms in total. The zero-order valence-electron chi connectivity index (χ0n) is 16.6. The molecule has 0 saturated carbocycles. The molecule has 6 heteroatoms. The minimum atomic E-state index is -0.246. The maximum Gasteiger partial charge on any atom is 0.163 e. The summed E-state index contributed by atoms with van der Waals surface area (Å²) in [5.74, 6) is 1.18. The van der Waals surface area contributed by atoms with Crippen LogP contribution in [-0.4, -0.2) is 28.0 Å². The van der Waals surface area contributed by atoms with Crippen LogP contribution in [0, 0.1) is 5.82 Å². The lowest BCUT2D eigenvalue weighted by atomic mass is 10.0. The number of pyridine rings is 1. The Morgan fingerprint density at radius 2 is 1.55 bits per heavy atom. The topological polar surface area (TPSA) is 49.2 Å². The number of fused-ring (bicyclic) bond motifs is 4. The predicted molar refractivity (Wildman–Crippen MR) is 116 cm³/mol. The van der Waals surface area contributed by atoms with Crippen molar-refractivity contribution in [3.63, 3.8) is 0 Å². The molecule has 0 aromatic heterocycles. The molecule has 0 amide bonds. The second-order valence-electron chi connectivity index (χ2n) is 7.57. The molecule has 6 rings (SSSR count). The van der Waals surface area contributed by atoms with Crippen molar-refractivity contribution < 1.29 is 13.9 Å². The van der Waals surface area contributed by atoms with Crippen molar-refractivity contribution in [2.24, 2.45) is 0 Å². The van der Waals surface area contributed by atoms with Crippen LogP contribution in [0.15, 0.2) is 72.9 Å². The Hall–Kier alpha value is -3.93. The lowest BCUT2D eigenvalue weighted by Gasteiger charge is -2.21. The zero-order chi connectivity index (χ0) is 20.8. The highest BCUT2D eigenvalue weighted by Gasteiger charge is 2.23. The molecule has 3 aromatic carbocycles. The number of ether oxygens (including phenoxy) is 2. The van der Waals surface area contributed by atoms with E-state index in [4.69, 9.17) is 9.47 Å². The summed E-state index contributed by atoms with van der Waals surface area (Å²) in [4.78, 5) is 0. The van der Waals surface area contributed by atoms with Crippen LogP contribution in [0.5, 0.6) is 11.5 Å². The van der Waals surface area contributed by atoms with Crippen molar-refractivity contribution in [2.45, 2.75) is 6.54 Å². The summed E-state index contributed by atoms with van der Waals surface area (Å²) < 4.78 is 27.2. The molecule has 0 atom stereocenters. The minimum absolute atomic E-state index is 0.246. The van der Waals surface area contributed by atoms with E-state index >= 15 is 0 Å². The van der Waals surface area contributed by atoms with E-state index in [0.717, 1.165) is 39.0 Å². The summed E-state index contributed by atoms with van der Waals surface area (Å²) in [5, 5.41) is 9.97. The van der Waals surface area contributed by atoms with E-state index in [1.807, 2.05) is 42.5 Å². The molecule has 0 saturated heterocycles. The van der Waals surface area contributed by atoms with Gasteiger partial charge in [-0.15, -0.1) is 10.2 Å². The van der Waals surface area contributed by atoms with Gasteiger partial charge >= 0.3 is 0 Å². The molecule has 0 fully saturated rings. The molecule has 3 heterocycles. The fourth-order valence-electron chi connectivity index (χ4n) is 4.10. The number of hydrogen-bond donors (Lipinski definition) is 0. The van der Waals surface area contributed by atoms with E-state index in [-0.39, 0.29) is 5.82 Å². The van der Waals surface area contributed by atoms with Crippen molar-refractivity contribution in [3.8, 4) is 34.0 Å². The molecule has 3 aliphatic rings. The first-order valence-electron chi connectivity index (χ1n) is 10.1. The Balaban J connectivity index is 1.60. The Labute approximate surface area is 178 Å². The second kappa shape index (κ2) is 7.09. The zero-order valence-corrected chi connectivity index (χ0v) is 16.6. The van der Waals surface area contributed by atoms with Crippen molar-refractivity contribution >= 4 is 10.9 Å². The third-order valence-corrected chi connectivity index (χ3v) is 5.58. The van der Waals surface area contributed by atoms with Crippen molar-refractivity contribution in [1.29, 1.82) is 0 Å². The molecule has 3 aliphatic heterocycles. The largest absolute Gasteiger partial charge is 0.486 e. The summed E-state index contributed by atoms with van der Waals surface area (Å²) in [6.07, 6.45) is 2.07. The third kappa shape index (κ3) is 3.08. The Kier molecular flexibility index (Phi) is 4.09. The number of rotatable bonds is 3. The van der Waals surface area contributed by atoms with Crippen LogP contribution < -0.4 is 9.47 Å². The Morgan fingerprint density at radius 1 is 0.839 bits per heavy atom. The first-order chi connectivity index (χ1) is 15.3. The highest BCUT2D eigenvalue weighted by atomic mass is 19.1. The molecule has 31 heavy (non-hydrogen) atoms. The van der Waals surface area contributed by atoms with Gasteiger partial charge in [0.25, 0.3) is 0 Å². The van der Waals surface area contributed by atoms with Gasteiger partial charge in [0.15, 0.2) is 11.5 Å². The summed E-state index contributed by atoms with van der Waals surface area (Å²) in [5.41, 5.74) is 5.57. The van der Waals surface area contributed by atoms with Crippen molar-refractivity contribution in [2.75, 3.05) is 13.2 Å². The lowest BCUT2D eigenvalue weighted by Crippen LogP contribution is -2.15. The molecule has 3 aromatic rings. The fraction of sp³-hybridized carbons (Fsp3) is 0.120. The highest BCUT2D eigenvalue weighted by molar-refractivity contribution is 5.99. The quantitative estimate of drug-likeness (QED) is 0.411. The first kappa shape index (κ1) is 17.9. The highest BCUT2D eigenvalue weighted by Crippen LogP contribution is 2.41. The van der Waals surface area contributed by atoms with E-state index in [1.165, 1.54) is 12.1 Å². The molecule has 152 valence electrons. The number of halogens is 1. The summed E-state index contributed by atoms with van der Waals surface area (Å²) >= 11 is 0. The Morgan fingerprint density at radius 3 is 2.32 bits per heavy atom. The second-order valence-corrected chi connectivity index (χ2v) is 7.57. The number of hydrogen-bond acceptors (Lipinski definition) is 4. The van der Waals surface area contributed by atoms with E-state index < -0.39 is 0 Å². The SMILES string of the molecule is Fc1ccc(Cn2cc3c(-c4ccccc4)nnc-3c3cc4c(cc32)OCCO4)cc1. The normalized spacial score (nSPS) is 13.1. The van der Waals surface area contributed by atoms with Gasteiger partial charge in [0.1, 0.15) is 30.4 Å². The van der Waals surface area contributed by atoms with Crippen molar-refractivity contribution in [1.82, 2.24) is 14.8 Å². The smallest absolute Gasteiger partial charge is 0.163 e. The van der Waals surface area contributed by atoms with Gasteiger partial charge in [0.2, 0.25) is 0 Å². The average Bonchev–Trinajstić information content (AvgIpc) is 3.24. The van der Waals surface area contributed by atoms with Crippen LogP contribution >= 0.6 is 0 Å². The number of aromatic nitrogens is 3. The van der Waals surface area contributed by atoms with Crippen LogP contribution in [0.25, 0.3) is 33.4 Å². The molecule has 0 bridgehead atoms. The van der Waals surface area contributed by atoms with E-state index in [1.54, 1.807) is 12.1 Å². The average molecular weight is 411 g/mol. The Bertz CT molecular complexity index is 1360. The molecule has 0 N–H and O–H groups in total. The molecule has 0 aliphatic carbocycles. The summed E-state index contributed by atoms with van der Waals surface area (Å²) in [6.45, 7) is 1.62. The van der Waals surface area contributed by atoms with Gasteiger partial charge in [-0.2, -0.15) is 0 Å². The molecule has 0 spiro atoms. The van der Waals surface area contributed by atoms with Crippen LogP contribution in [-0.2, 0) is 6.54 Å². The van der Waals surface area contributed by atoms with E-state index in [0.29, 0.717) is 31.3 Å². The predicted octanol–water partition coefficient (Wildman–Crippen LogP) is 5.16. The van der Waals surface area contributed by atoms with Gasteiger partial charge < -0.3 is 14.0 Å². The monoisotopic (exact) mass is 411 g/mol. The first-order valence-corrected chi connectivity index (χ1v) is 10.1. The fourth-order valence-corrected chi connectivity index (χ4v) is 4.10. The van der Waals surface area contributed by atoms with E-state index in [2.05, 4.69) is 21.0 Å². The van der Waals surface area contributed by atoms with Gasteiger partial charge in [-0.25, -0.2) is 4.39 Å². The van der Waals surface area contributed by atoms with Crippen LogP contribution in [0.2, 0.25) is 0 Å². The van der Waals surface area contributed by atoms with Crippen LogP contribution in [0.1, 0.15) is 5.56 Å². The van der Waals surface area contributed by atoms with Crippen LogP contribution in [0.4, 0.5) is 4.39 Å². The third-order valence-electron chi connectivity index (χ3n) is 5.58. The van der Waals surface area contributed by atoms with Crippen molar-refractivity contribution in [3.05, 3.63) is 84.3 Å². The maximum absolute atomic E-state index is 13.4. The van der Waals surface area contributed by atoms with Gasteiger partial charge in [-0.3, -0.25) is 0 Å². The molecule has 0 radical (unpaired) electrons. The van der Waals surface area contributed by atoms with Crippen LogP contribution in [0.3, 0.4) is 0 Å². The van der Waals surface area contributed by atoms with Gasteiger partial charge in [0.05, 0.1) is 5.52 Å². The molecule has 0 unspecified atom stereocenters. The van der Waals surface area contributed by atoms with Gasteiger partial charge in [-0.1, -0.05) is 42.5 Å².